The predicted molar refractivity (Wildman–Crippen MR) is 112 cm³/mol. The largest absolute Gasteiger partial charge is 0.497 e. The van der Waals surface area contributed by atoms with Crippen molar-refractivity contribution in [3.05, 3.63) is 66.2 Å². The highest BCUT2D eigenvalue weighted by Crippen LogP contribution is 2.34. The Labute approximate surface area is 153 Å². The molecule has 0 aromatic heterocycles. The van der Waals surface area contributed by atoms with Gasteiger partial charge in [-0.05, 0) is 60.8 Å². The van der Waals surface area contributed by atoms with E-state index in [1.807, 2.05) is 36.8 Å². The standard InChI is InChI=1S/C21H29NO2S/c1-17(22-20-9-7-10-21(16-20)24-2)19-13-11-18(12-14-19)8-5-6-15-25(3,4)23/h7,9-14,16,22-23H,1,5-6,8,15H2,2-4H3. The minimum absolute atomic E-state index is 0.820. The summed E-state index contributed by atoms with van der Waals surface area (Å²) in [6, 6.07) is 16.3. The van der Waals surface area contributed by atoms with Crippen molar-refractivity contribution in [3.8, 4) is 5.75 Å². The molecule has 0 heterocycles. The topological polar surface area (TPSA) is 41.5 Å². The van der Waals surface area contributed by atoms with Crippen molar-refractivity contribution in [2.45, 2.75) is 19.3 Å². The number of rotatable bonds is 9. The Morgan fingerprint density at radius 2 is 1.84 bits per heavy atom. The van der Waals surface area contributed by atoms with Gasteiger partial charge >= 0.3 is 0 Å². The molecule has 2 rings (SSSR count). The molecule has 0 spiro atoms. The normalized spacial score (nSPS) is 11.8. The summed E-state index contributed by atoms with van der Waals surface area (Å²) >= 11 is 0. The fraction of sp³-hybridized carbons (Fsp3) is 0.333. The van der Waals surface area contributed by atoms with Crippen molar-refractivity contribution in [3.63, 3.8) is 0 Å². The van der Waals surface area contributed by atoms with Crippen molar-refractivity contribution >= 4 is 21.7 Å². The highest BCUT2D eigenvalue weighted by molar-refractivity contribution is 8.28. The monoisotopic (exact) mass is 359 g/mol. The van der Waals surface area contributed by atoms with Crippen LogP contribution in [0.1, 0.15) is 24.0 Å². The van der Waals surface area contributed by atoms with Gasteiger partial charge in [-0.3, -0.25) is 0 Å². The van der Waals surface area contributed by atoms with Crippen LogP contribution in [-0.2, 0) is 6.42 Å². The van der Waals surface area contributed by atoms with Crippen molar-refractivity contribution in [2.75, 3.05) is 30.7 Å². The minimum Gasteiger partial charge on any atom is -0.497 e. The van der Waals surface area contributed by atoms with Crippen molar-refractivity contribution in [1.82, 2.24) is 0 Å². The first-order valence-corrected chi connectivity index (χ1v) is 11.1. The lowest BCUT2D eigenvalue weighted by Crippen LogP contribution is -2.00. The summed E-state index contributed by atoms with van der Waals surface area (Å²) in [6.07, 6.45) is 7.13. The van der Waals surface area contributed by atoms with Crippen molar-refractivity contribution in [2.24, 2.45) is 0 Å². The van der Waals surface area contributed by atoms with Crippen LogP contribution in [0, 0.1) is 0 Å². The zero-order valence-electron chi connectivity index (χ0n) is 15.4. The van der Waals surface area contributed by atoms with Gasteiger partial charge < -0.3 is 14.6 Å². The van der Waals surface area contributed by atoms with Gasteiger partial charge in [0.1, 0.15) is 5.75 Å². The summed E-state index contributed by atoms with van der Waals surface area (Å²) in [5.41, 5.74) is 4.23. The lowest BCUT2D eigenvalue weighted by molar-refractivity contribution is 0.415. The number of hydrogen-bond donors (Lipinski definition) is 2. The molecule has 0 aliphatic heterocycles. The molecule has 0 fully saturated rings. The first-order chi connectivity index (χ1) is 11.9. The van der Waals surface area contributed by atoms with E-state index in [0.29, 0.717) is 0 Å². The highest BCUT2D eigenvalue weighted by atomic mass is 32.3. The van der Waals surface area contributed by atoms with Gasteiger partial charge in [-0.25, -0.2) is 0 Å². The average molecular weight is 360 g/mol. The number of ether oxygens (including phenoxy) is 1. The fourth-order valence-corrected chi connectivity index (χ4v) is 3.51. The lowest BCUT2D eigenvalue weighted by Gasteiger charge is -2.22. The van der Waals surface area contributed by atoms with Gasteiger partial charge in [-0.2, -0.15) is 0 Å². The maximum atomic E-state index is 9.83. The van der Waals surface area contributed by atoms with Gasteiger partial charge in [-0.1, -0.05) is 36.9 Å². The lowest BCUT2D eigenvalue weighted by atomic mass is 10.1. The number of benzene rings is 2. The number of methoxy groups -OCH3 is 1. The molecule has 0 radical (unpaired) electrons. The van der Waals surface area contributed by atoms with E-state index < -0.39 is 10.3 Å². The first-order valence-electron chi connectivity index (χ1n) is 8.50. The number of unbranched alkanes of at least 4 members (excludes halogenated alkanes) is 1. The van der Waals surface area contributed by atoms with E-state index in [9.17, 15) is 4.55 Å². The molecule has 2 N–H and O–H groups in total. The maximum Gasteiger partial charge on any atom is 0.120 e. The van der Waals surface area contributed by atoms with Crippen LogP contribution < -0.4 is 10.1 Å². The molecular formula is C21H29NO2S. The molecule has 2 aromatic carbocycles. The third-order valence-electron chi connectivity index (χ3n) is 4.03. The van der Waals surface area contributed by atoms with Gasteiger partial charge in [0.05, 0.1) is 7.11 Å². The molecule has 0 saturated heterocycles. The second-order valence-electron chi connectivity index (χ2n) is 6.67. The molecule has 2 aromatic rings. The molecule has 0 aliphatic carbocycles. The number of aryl methyl sites for hydroxylation is 1. The Bertz CT molecular complexity index is 690. The first kappa shape index (κ1) is 19.4. The Morgan fingerprint density at radius 1 is 1.12 bits per heavy atom. The van der Waals surface area contributed by atoms with E-state index in [1.165, 1.54) is 5.56 Å². The SMILES string of the molecule is C=C(Nc1cccc(OC)c1)c1ccc(CCCCS(C)(C)O)cc1. The van der Waals surface area contributed by atoms with Gasteiger partial charge in [0.15, 0.2) is 0 Å². The van der Waals surface area contributed by atoms with Crippen LogP contribution in [-0.4, -0.2) is 29.9 Å². The second-order valence-corrected chi connectivity index (χ2v) is 10.0. The van der Waals surface area contributed by atoms with E-state index in [-0.39, 0.29) is 0 Å². The zero-order chi connectivity index (χ0) is 18.3. The average Bonchev–Trinajstić information content (AvgIpc) is 2.58. The molecule has 0 atom stereocenters. The summed E-state index contributed by atoms with van der Waals surface area (Å²) in [6.45, 7) is 4.13. The minimum atomic E-state index is -1.36. The summed E-state index contributed by atoms with van der Waals surface area (Å²) in [4.78, 5) is 0. The Kier molecular flexibility index (Phi) is 6.97. The van der Waals surface area contributed by atoms with E-state index >= 15 is 0 Å². The number of nitrogens with one attached hydrogen (secondary N) is 1. The molecule has 0 saturated carbocycles. The van der Waals surface area contributed by atoms with Crippen LogP contribution in [0.2, 0.25) is 0 Å². The Balaban J connectivity index is 1.87. The third kappa shape index (κ3) is 6.85. The maximum absolute atomic E-state index is 9.83. The summed E-state index contributed by atoms with van der Waals surface area (Å²) < 4.78 is 15.1. The predicted octanol–water partition coefficient (Wildman–Crippen LogP) is 5.64. The van der Waals surface area contributed by atoms with Gasteiger partial charge in [-0.15, -0.1) is 10.3 Å². The Hall–Kier alpha value is -1.91. The van der Waals surface area contributed by atoms with Crippen molar-refractivity contribution in [1.29, 1.82) is 0 Å². The molecule has 136 valence electrons. The van der Waals surface area contributed by atoms with Gasteiger partial charge in [0, 0.05) is 17.5 Å². The third-order valence-corrected chi connectivity index (χ3v) is 5.31. The molecule has 4 heteroatoms. The molecule has 0 bridgehead atoms. The molecule has 25 heavy (non-hydrogen) atoms. The fourth-order valence-electron chi connectivity index (χ4n) is 2.60. The van der Waals surface area contributed by atoms with Gasteiger partial charge in [0.2, 0.25) is 0 Å². The molecule has 0 amide bonds. The van der Waals surface area contributed by atoms with E-state index in [4.69, 9.17) is 4.74 Å². The Morgan fingerprint density at radius 3 is 2.48 bits per heavy atom. The molecule has 3 nitrogen and oxygen atoms in total. The van der Waals surface area contributed by atoms with E-state index in [1.54, 1.807) is 7.11 Å². The van der Waals surface area contributed by atoms with Crippen LogP contribution >= 0.6 is 10.3 Å². The van der Waals surface area contributed by atoms with Crippen LogP contribution in [0.5, 0.6) is 5.75 Å². The van der Waals surface area contributed by atoms with Crippen LogP contribution in [0.4, 0.5) is 5.69 Å². The van der Waals surface area contributed by atoms with Crippen LogP contribution in [0.15, 0.2) is 55.1 Å². The highest BCUT2D eigenvalue weighted by Gasteiger charge is 2.06. The zero-order valence-corrected chi connectivity index (χ0v) is 16.2. The summed E-state index contributed by atoms with van der Waals surface area (Å²) in [5.74, 6) is 1.74. The molecule has 0 aliphatic rings. The van der Waals surface area contributed by atoms with E-state index in [2.05, 4.69) is 36.2 Å². The number of hydrogen-bond acceptors (Lipinski definition) is 3. The van der Waals surface area contributed by atoms with Gasteiger partial charge in [0.25, 0.3) is 0 Å². The molecule has 0 unspecified atom stereocenters. The smallest absolute Gasteiger partial charge is 0.120 e. The van der Waals surface area contributed by atoms with Crippen LogP contribution in [0.25, 0.3) is 5.70 Å². The molecular weight excluding hydrogens is 330 g/mol. The second kappa shape index (κ2) is 8.97. The quantitative estimate of drug-likeness (QED) is 0.569. The number of anilines is 1. The van der Waals surface area contributed by atoms with Crippen molar-refractivity contribution < 1.29 is 9.29 Å². The summed E-state index contributed by atoms with van der Waals surface area (Å²) in [5, 5.41) is 3.32. The summed E-state index contributed by atoms with van der Waals surface area (Å²) in [7, 11) is 0.302. The van der Waals surface area contributed by atoms with Crippen LogP contribution in [0.3, 0.4) is 0 Å². The van der Waals surface area contributed by atoms with E-state index in [0.717, 1.165) is 47.7 Å².